The maximum absolute atomic E-state index is 2.36. The molecule has 0 unspecified atom stereocenters. The van der Waals surface area contributed by atoms with Gasteiger partial charge >= 0.3 is 0 Å². The molecule has 0 heteroatoms. The first-order chi connectivity index (χ1) is 5.95. The Labute approximate surface area is 73.0 Å². The van der Waals surface area contributed by atoms with Gasteiger partial charge < -0.3 is 0 Å². The highest BCUT2D eigenvalue weighted by Crippen LogP contribution is 2.44. The van der Waals surface area contributed by atoms with Gasteiger partial charge in [0, 0.05) is 11.8 Å². The van der Waals surface area contributed by atoms with E-state index in [1.54, 1.807) is 0 Å². The molecule has 0 atom stereocenters. The van der Waals surface area contributed by atoms with Crippen molar-refractivity contribution in [2.45, 2.75) is 0 Å². The van der Waals surface area contributed by atoms with Crippen molar-refractivity contribution in [3.8, 4) is 0 Å². The molecule has 2 bridgehead atoms. The third-order valence-corrected chi connectivity index (χ3v) is 3.22. The highest BCUT2D eigenvalue weighted by Gasteiger charge is 2.36. The van der Waals surface area contributed by atoms with Crippen molar-refractivity contribution < 1.29 is 0 Å². The van der Waals surface area contributed by atoms with Crippen LogP contribution in [0, 0.1) is 23.7 Å². The van der Waals surface area contributed by atoms with Crippen LogP contribution in [0.3, 0.4) is 0 Å². The molecule has 12 heavy (non-hydrogen) atoms. The zero-order valence-corrected chi connectivity index (χ0v) is 6.93. The smallest absolute Gasteiger partial charge is 0.00187 e. The fourth-order valence-electron chi connectivity index (χ4n) is 2.42. The Hall–Kier alpha value is -1.04. The summed E-state index contributed by atoms with van der Waals surface area (Å²) in [4.78, 5) is 0. The van der Waals surface area contributed by atoms with Crippen molar-refractivity contribution in [3.63, 3.8) is 0 Å². The van der Waals surface area contributed by atoms with Gasteiger partial charge in [0.1, 0.15) is 0 Å². The van der Waals surface area contributed by atoms with Crippen LogP contribution in [0.1, 0.15) is 0 Å². The second-order valence-electron chi connectivity index (χ2n) is 3.85. The molecular weight excluding hydrogens is 144 g/mol. The van der Waals surface area contributed by atoms with Gasteiger partial charge in [0.05, 0.1) is 0 Å². The minimum Gasteiger partial charge on any atom is -0.0836 e. The number of hydrogen-bond acceptors (Lipinski definition) is 0. The largest absolute Gasteiger partial charge is 0.0836 e. The highest BCUT2D eigenvalue weighted by atomic mass is 14.4. The zero-order chi connectivity index (χ0) is 7.97. The molecule has 0 spiro atoms. The molecule has 0 fully saturated rings. The second-order valence-corrected chi connectivity index (χ2v) is 3.85. The number of rotatable bonds is 0. The van der Waals surface area contributed by atoms with Crippen LogP contribution in [0.15, 0.2) is 48.6 Å². The van der Waals surface area contributed by atoms with E-state index in [4.69, 9.17) is 0 Å². The molecule has 0 saturated carbocycles. The summed E-state index contributed by atoms with van der Waals surface area (Å²) in [5.41, 5.74) is 0. The van der Waals surface area contributed by atoms with Crippen LogP contribution < -0.4 is 0 Å². The van der Waals surface area contributed by atoms with Gasteiger partial charge in [-0.1, -0.05) is 48.6 Å². The number of allylic oxidation sites excluding steroid dienone is 8. The fraction of sp³-hybridized carbons (Fsp3) is 0.333. The Bertz CT molecular complexity index is 274. The summed E-state index contributed by atoms with van der Waals surface area (Å²) in [5.74, 6) is 2.92. The molecule has 0 heterocycles. The van der Waals surface area contributed by atoms with E-state index in [0.29, 0.717) is 11.8 Å². The van der Waals surface area contributed by atoms with Gasteiger partial charge in [0.2, 0.25) is 0 Å². The van der Waals surface area contributed by atoms with Crippen molar-refractivity contribution in [1.82, 2.24) is 0 Å². The van der Waals surface area contributed by atoms with Crippen LogP contribution in [0.4, 0.5) is 0 Å². The molecule has 0 nitrogen and oxygen atoms in total. The van der Waals surface area contributed by atoms with Crippen LogP contribution in [0.25, 0.3) is 0 Å². The molecule has 4 aliphatic rings. The predicted octanol–water partition coefficient (Wildman–Crippen LogP) is 2.72. The Morgan fingerprint density at radius 3 is 1.42 bits per heavy atom. The van der Waals surface area contributed by atoms with Crippen molar-refractivity contribution in [2.75, 3.05) is 0 Å². The van der Waals surface area contributed by atoms with Crippen molar-refractivity contribution in [2.24, 2.45) is 23.7 Å². The summed E-state index contributed by atoms with van der Waals surface area (Å²) in [6.07, 6.45) is 18.4. The summed E-state index contributed by atoms with van der Waals surface area (Å²) >= 11 is 0. The number of fused-ring (bicyclic) bond motifs is 1. The van der Waals surface area contributed by atoms with E-state index < -0.39 is 0 Å². The minimum absolute atomic E-state index is 0.668. The van der Waals surface area contributed by atoms with Crippen LogP contribution >= 0.6 is 0 Å². The lowest BCUT2D eigenvalue weighted by atomic mass is 9.63. The average molecular weight is 156 g/mol. The van der Waals surface area contributed by atoms with Crippen molar-refractivity contribution >= 4 is 0 Å². The topological polar surface area (TPSA) is 0 Å². The van der Waals surface area contributed by atoms with Crippen molar-refractivity contribution in [1.29, 1.82) is 0 Å². The van der Waals surface area contributed by atoms with E-state index in [9.17, 15) is 0 Å². The van der Waals surface area contributed by atoms with Gasteiger partial charge in [-0.2, -0.15) is 0 Å². The van der Waals surface area contributed by atoms with E-state index >= 15 is 0 Å². The zero-order valence-electron chi connectivity index (χ0n) is 6.93. The first kappa shape index (κ1) is 6.47. The van der Waals surface area contributed by atoms with Gasteiger partial charge in [0.15, 0.2) is 0 Å². The predicted molar refractivity (Wildman–Crippen MR) is 50.5 cm³/mol. The van der Waals surface area contributed by atoms with Crippen LogP contribution in [-0.2, 0) is 0 Å². The third kappa shape index (κ3) is 0.726. The summed E-state index contributed by atoms with van der Waals surface area (Å²) in [6.45, 7) is 0. The van der Waals surface area contributed by atoms with Gasteiger partial charge in [-0.05, 0) is 11.8 Å². The maximum Gasteiger partial charge on any atom is 0.00187 e. The standard InChI is InChI=1S/C12H12/c1-2-4-10-6-5-9(3-1)11-7-8-12(10)11/h1-12H. The molecule has 0 N–H and O–H groups in total. The average Bonchev–Trinajstić information content (AvgIpc) is 1.96. The van der Waals surface area contributed by atoms with E-state index in [1.165, 1.54) is 0 Å². The highest BCUT2D eigenvalue weighted by molar-refractivity contribution is 5.31. The van der Waals surface area contributed by atoms with Gasteiger partial charge in [0.25, 0.3) is 0 Å². The van der Waals surface area contributed by atoms with E-state index in [2.05, 4.69) is 48.6 Å². The Morgan fingerprint density at radius 2 is 1.00 bits per heavy atom. The molecule has 60 valence electrons. The lowest BCUT2D eigenvalue weighted by Crippen LogP contribution is -2.33. The first-order valence-corrected chi connectivity index (χ1v) is 4.67. The van der Waals surface area contributed by atoms with Crippen molar-refractivity contribution in [3.05, 3.63) is 48.6 Å². The normalized spacial score (nSPS) is 46.7. The van der Waals surface area contributed by atoms with E-state index in [1.807, 2.05) is 0 Å². The van der Waals surface area contributed by atoms with Crippen LogP contribution in [0.2, 0.25) is 0 Å². The van der Waals surface area contributed by atoms with Gasteiger partial charge in [-0.15, -0.1) is 0 Å². The molecule has 0 saturated heterocycles. The molecule has 0 aromatic heterocycles. The minimum atomic E-state index is 0.668. The first-order valence-electron chi connectivity index (χ1n) is 4.67. The molecule has 0 aromatic rings. The second kappa shape index (κ2) is 2.22. The molecular formula is C12H12. The summed E-state index contributed by atoms with van der Waals surface area (Å²) in [5, 5.41) is 0. The van der Waals surface area contributed by atoms with E-state index in [0.717, 1.165) is 11.8 Å². The summed E-state index contributed by atoms with van der Waals surface area (Å²) < 4.78 is 0. The van der Waals surface area contributed by atoms with Gasteiger partial charge in [-0.25, -0.2) is 0 Å². The molecule has 4 rings (SSSR count). The monoisotopic (exact) mass is 156 g/mol. The number of hydrogen-bond donors (Lipinski definition) is 0. The molecule has 0 radical (unpaired) electrons. The maximum atomic E-state index is 2.36. The Balaban J connectivity index is 2.09. The summed E-state index contributed by atoms with van der Waals surface area (Å²) in [7, 11) is 0. The van der Waals surface area contributed by atoms with E-state index in [-0.39, 0.29) is 0 Å². The SMILES string of the molecule is C1=CC2C=CC(C=C1)C1C=CC21. The fourth-order valence-corrected chi connectivity index (χ4v) is 2.42. The molecule has 0 aromatic carbocycles. The lowest BCUT2D eigenvalue weighted by Gasteiger charge is -2.41. The Morgan fingerprint density at radius 1 is 0.500 bits per heavy atom. The third-order valence-electron chi connectivity index (χ3n) is 3.22. The lowest BCUT2D eigenvalue weighted by molar-refractivity contribution is 0.312. The van der Waals surface area contributed by atoms with Gasteiger partial charge in [-0.3, -0.25) is 0 Å². The summed E-state index contributed by atoms with van der Waals surface area (Å²) in [6, 6.07) is 0. The molecule has 0 aliphatic heterocycles. The molecule has 0 amide bonds. The quantitative estimate of drug-likeness (QED) is 0.473. The van der Waals surface area contributed by atoms with Crippen LogP contribution in [0.5, 0.6) is 0 Å². The van der Waals surface area contributed by atoms with Crippen LogP contribution in [-0.4, -0.2) is 0 Å². The Kier molecular flexibility index (Phi) is 1.20. The molecule has 4 aliphatic carbocycles.